The number of dihydropyridines is 1. The standard InChI is InChI=1S/C23H19FN2O2/c24-16-7-3-6-15(11-16)23-22-14(5-4-9-19(22)27)12-17(25-23)13-21-26-18-8-1-2-10-20(18)28-21/h1-3,6-8,10-11,23H,4-5,9,12-13H2. The summed E-state index contributed by atoms with van der Waals surface area (Å²) in [6.07, 6.45) is 3.45. The first kappa shape index (κ1) is 17.0. The fourth-order valence-electron chi connectivity index (χ4n) is 4.19. The van der Waals surface area contributed by atoms with Crippen LogP contribution in [0.4, 0.5) is 4.39 Å². The number of Topliss-reactive ketones (excluding diaryl/α,β-unsaturated/α-hetero) is 1. The van der Waals surface area contributed by atoms with Crippen molar-refractivity contribution in [1.82, 2.24) is 4.98 Å². The molecule has 0 spiro atoms. The van der Waals surface area contributed by atoms with Crippen molar-refractivity contribution < 1.29 is 13.6 Å². The van der Waals surface area contributed by atoms with Gasteiger partial charge in [0.05, 0.1) is 6.42 Å². The molecule has 140 valence electrons. The number of carbonyl (C=O) groups is 1. The van der Waals surface area contributed by atoms with Crippen molar-refractivity contribution in [2.75, 3.05) is 0 Å². The maximum absolute atomic E-state index is 13.8. The summed E-state index contributed by atoms with van der Waals surface area (Å²) >= 11 is 0. The molecule has 0 saturated carbocycles. The van der Waals surface area contributed by atoms with Gasteiger partial charge in [0.15, 0.2) is 11.4 Å². The molecule has 0 amide bonds. The molecule has 2 aromatic carbocycles. The summed E-state index contributed by atoms with van der Waals surface area (Å²) in [4.78, 5) is 22.0. The van der Waals surface area contributed by atoms with Crippen LogP contribution in [0.25, 0.3) is 11.1 Å². The van der Waals surface area contributed by atoms with Crippen LogP contribution in [0.3, 0.4) is 0 Å². The van der Waals surface area contributed by atoms with Gasteiger partial charge >= 0.3 is 0 Å². The average Bonchev–Trinajstić information content (AvgIpc) is 3.10. The summed E-state index contributed by atoms with van der Waals surface area (Å²) in [6, 6.07) is 13.6. The van der Waals surface area contributed by atoms with E-state index in [0.717, 1.165) is 46.4 Å². The van der Waals surface area contributed by atoms with Gasteiger partial charge in [-0.2, -0.15) is 0 Å². The summed E-state index contributed by atoms with van der Waals surface area (Å²) in [5.41, 5.74) is 5.11. The van der Waals surface area contributed by atoms with Crippen molar-refractivity contribution >= 4 is 22.6 Å². The topological polar surface area (TPSA) is 55.5 Å². The van der Waals surface area contributed by atoms with E-state index in [9.17, 15) is 9.18 Å². The first-order valence-electron chi connectivity index (χ1n) is 9.58. The number of carbonyl (C=O) groups excluding carboxylic acids is 1. The molecule has 1 aliphatic heterocycles. The predicted octanol–water partition coefficient (Wildman–Crippen LogP) is 5.15. The Morgan fingerprint density at radius 3 is 2.86 bits per heavy atom. The minimum atomic E-state index is -0.438. The second-order valence-corrected chi connectivity index (χ2v) is 7.38. The number of aliphatic imine (C=N–C) groups is 1. The largest absolute Gasteiger partial charge is 0.440 e. The number of fused-ring (bicyclic) bond motifs is 1. The van der Waals surface area contributed by atoms with Crippen LogP contribution in [-0.4, -0.2) is 16.5 Å². The third kappa shape index (κ3) is 3.07. The lowest BCUT2D eigenvalue weighted by molar-refractivity contribution is -0.116. The maximum atomic E-state index is 13.8. The summed E-state index contributed by atoms with van der Waals surface area (Å²) < 4.78 is 19.7. The number of nitrogens with zero attached hydrogens (tertiary/aromatic N) is 2. The molecule has 28 heavy (non-hydrogen) atoms. The van der Waals surface area contributed by atoms with Gasteiger partial charge in [-0.15, -0.1) is 0 Å². The lowest BCUT2D eigenvalue weighted by atomic mass is 9.79. The Hall–Kier alpha value is -3.08. The van der Waals surface area contributed by atoms with E-state index >= 15 is 0 Å². The van der Waals surface area contributed by atoms with Crippen LogP contribution in [0, 0.1) is 5.82 Å². The van der Waals surface area contributed by atoms with E-state index in [1.807, 2.05) is 30.3 Å². The highest BCUT2D eigenvalue weighted by Crippen LogP contribution is 2.40. The number of oxazole rings is 1. The zero-order valence-electron chi connectivity index (χ0n) is 15.3. The smallest absolute Gasteiger partial charge is 0.201 e. The Labute approximate surface area is 161 Å². The first-order chi connectivity index (χ1) is 13.7. The van der Waals surface area contributed by atoms with E-state index in [1.165, 1.54) is 12.1 Å². The molecule has 1 aliphatic carbocycles. The molecule has 2 heterocycles. The van der Waals surface area contributed by atoms with Crippen LogP contribution >= 0.6 is 0 Å². The second kappa shape index (κ2) is 6.82. The van der Waals surface area contributed by atoms with Crippen molar-refractivity contribution in [3.63, 3.8) is 0 Å². The maximum Gasteiger partial charge on any atom is 0.201 e. The lowest BCUT2D eigenvalue weighted by Crippen LogP contribution is -2.24. The molecule has 0 saturated heterocycles. The molecule has 1 atom stereocenters. The molecule has 0 N–H and O–H groups in total. The SMILES string of the molecule is O=C1CCCC2=C1C(c1cccc(F)c1)N=C(Cc1nc3ccccc3o1)C2. The molecule has 1 unspecified atom stereocenters. The highest BCUT2D eigenvalue weighted by molar-refractivity contribution is 6.02. The van der Waals surface area contributed by atoms with Crippen LogP contribution in [0.2, 0.25) is 0 Å². The van der Waals surface area contributed by atoms with Crippen LogP contribution in [0.5, 0.6) is 0 Å². The van der Waals surface area contributed by atoms with E-state index in [1.54, 1.807) is 6.07 Å². The highest BCUT2D eigenvalue weighted by Gasteiger charge is 2.32. The number of halogens is 1. The van der Waals surface area contributed by atoms with Gasteiger partial charge in [-0.1, -0.05) is 29.8 Å². The Morgan fingerprint density at radius 2 is 2.00 bits per heavy atom. The van der Waals surface area contributed by atoms with Gasteiger partial charge in [0, 0.05) is 24.1 Å². The fourth-order valence-corrected chi connectivity index (χ4v) is 4.19. The summed E-state index contributed by atoms with van der Waals surface area (Å²) in [7, 11) is 0. The van der Waals surface area contributed by atoms with Crippen LogP contribution in [-0.2, 0) is 11.2 Å². The Morgan fingerprint density at radius 1 is 1.11 bits per heavy atom. The number of para-hydroxylation sites is 2. The zero-order chi connectivity index (χ0) is 19.1. The van der Waals surface area contributed by atoms with Gasteiger partial charge < -0.3 is 4.42 Å². The first-order valence-corrected chi connectivity index (χ1v) is 9.58. The molecular formula is C23H19FN2O2. The quantitative estimate of drug-likeness (QED) is 0.637. The van der Waals surface area contributed by atoms with E-state index in [-0.39, 0.29) is 11.6 Å². The van der Waals surface area contributed by atoms with Crippen LogP contribution < -0.4 is 0 Å². The van der Waals surface area contributed by atoms with Gasteiger partial charge in [0.1, 0.15) is 17.4 Å². The van der Waals surface area contributed by atoms with E-state index in [0.29, 0.717) is 25.2 Å². The molecule has 0 bridgehead atoms. The molecule has 2 aliphatic rings. The summed E-state index contributed by atoms with van der Waals surface area (Å²) in [6.45, 7) is 0. The third-order valence-corrected chi connectivity index (χ3v) is 5.42. The monoisotopic (exact) mass is 374 g/mol. The normalized spacial score (nSPS) is 19.7. The number of hydrogen-bond donors (Lipinski definition) is 0. The number of ketones is 1. The third-order valence-electron chi connectivity index (χ3n) is 5.42. The predicted molar refractivity (Wildman–Crippen MR) is 105 cm³/mol. The number of hydrogen-bond acceptors (Lipinski definition) is 4. The minimum Gasteiger partial charge on any atom is -0.440 e. The van der Waals surface area contributed by atoms with Crippen molar-refractivity contribution in [1.29, 1.82) is 0 Å². The van der Waals surface area contributed by atoms with E-state index in [2.05, 4.69) is 4.98 Å². The van der Waals surface area contributed by atoms with Crippen LogP contribution in [0.15, 0.2) is 69.1 Å². The molecule has 0 radical (unpaired) electrons. The van der Waals surface area contributed by atoms with Crippen molar-refractivity contribution in [2.45, 2.75) is 38.1 Å². The van der Waals surface area contributed by atoms with Crippen LogP contribution in [0.1, 0.15) is 43.2 Å². The molecule has 4 nitrogen and oxygen atoms in total. The van der Waals surface area contributed by atoms with Crippen molar-refractivity contribution in [3.8, 4) is 0 Å². The number of benzene rings is 2. The number of allylic oxidation sites excluding steroid dienone is 1. The number of rotatable bonds is 3. The zero-order valence-corrected chi connectivity index (χ0v) is 15.3. The molecule has 0 fully saturated rings. The average molecular weight is 374 g/mol. The Balaban J connectivity index is 1.53. The molecule has 5 heteroatoms. The van der Waals surface area contributed by atoms with E-state index in [4.69, 9.17) is 9.41 Å². The lowest BCUT2D eigenvalue weighted by Gasteiger charge is -2.29. The van der Waals surface area contributed by atoms with E-state index < -0.39 is 6.04 Å². The minimum absolute atomic E-state index is 0.139. The molecule has 5 rings (SSSR count). The van der Waals surface area contributed by atoms with Gasteiger partial charge in [-0.05, 0) is 42.7 Å². The van der Waals surface area contributed by atoms with Crippen molar-refractivity contribution in [3.05, 3.63) is 76.9 Å². The molecular weight excluding hydrogens is 355 g/mol. The molecule has 1 aromatic heterocycles. The highest BCUT2D eigenvalue weighted by atomic mass is 19.1. The van der Waals surface area contributed by atoms with Crippen molar-refractivity contribution in [2.24, 2.45) is 4.99 Å². The summed E-state index contributed by atoms with van der Waals surface area (Å²) in [5.74, 6) is 0.438. The fraction of sp³-hybridized carbons (Fsp3) is 0.261. The second-order valence-electron chi connectivity index (χ2n) is 7.38. The summed E-state index contributed by atoms with van der Waals surface area (Å²) in [5, 5.41) is 0. The van der Waals surface area contributed by atoms with Gasteiger partial charge in [-0.25, -0.2) is 9.37 Å². The Bertz CT molecular complexity index is 1110. The number of aromatic nitrogens is 1. The van der Waals surface area contributed by atoms with Gasteiger partial charge in [-0.3, -0.25) is 9.79 Å². The molecule has 3 aromatic rings. The Kier molecular flexibility index (Phi) is 4.15. The van der Waals surface area contributed by atoms with Gasteiger partial charge in [0.25, 0.3) is 0 Å². The van der Waals surface area contributed by atoms with Gasteiger partial charge in [0.2, 0.25) is 5.89 Å².